The third-order valence-corrected chi connectivity index (χ3v) is 4.20. The maximum atomic E-state index is 12.6. The number of amides is 1. The maximum absolute atomic E-state index is 12.6. The number of nitrogens with zero attached hydrogens (tertiary/aromatic N) is 4. The molecule has 0 aliphatic heterocycles. The summed E-state index contributed by atoms with van der Waals surface area (Å²) < 4.78 is 3.66. The van der Waals surface area contributed by atoms with Crippen molar-refractivity contribution in [2.24, 2.45) is 7.05 Å². The first kappa shape index (κ1) is 15.4. The molecule has 0 atom stereocenters. The summed E-state index contributed by atoms with van der Waals surface area (Å²) in [5.41, 5.74) is 3.19. The van der Waals surface area contributed by atoms with Crippen molar-refractivity contribution in [2.75, 3.05) is 5.32 Å². The third-order valence-electron chi connectivity index (χ3n) is 3.74. The highest BCUT2D eigenvalue weighted by molar-refractivity contribution is 6.34. The lowest BCUT2D eigenvalue weighted by Gasteiger charge is -2.12. The molecule has 0 saturated carbocycles. The Morgan fingerprint density at radius 2 is 1.91 bits per heavy atom. The van der Waals surface area contributed by atoms with Gasteiger partial charge in [0.1, 0.15) is 16.4 Å². The van der Waals surface area contributed by atoms with E-state index in [1.807, 2.05) is 30.5 Å². The van der Waals surface area contributed by atoms with E-state index in [0.717, 1.165) is 11.4 Å². The molecule has 0 fully saturated rings. The molecule has 3 rings (SSSR count). The van der Waals surface area contributed by atoms with Crippen LogP contribution < -0.4 is 5.32 Å². The predicted octanol–water partition coefficient (Wildman–Crippen LogP) is 2.76. The summed E-state index contributed by atoms with van der Waals surface area (Å²) in [4.78, 5) is 12.6. The minimum atomic E-state index is -0.311. The molecule has 3 aromatic rings. The van der Waals surface area contributed by atoms with E-state index >= 15 is 0 Å². The molecular formula is C15H17ClN6O. The number of hydrogen-bond donors (Lipinski definition) is 2. The Balaban J connectivity index is 2.01. The van der Waals surface area contributed by atoms with Crippen LogP contribution in [-0.4, -0.2) is 30.5 Å². The van der Waals surface area contributed by atoms with Crippen molar-refractivity contribution in [3.63, 3.8) is 0 Å². The molecule has 3 aromatic heterocycles. The minimum Gasteiger partial charge on any atom is -0.304 e. The van der Waals surface area contributed by atoms with Gasteiger partial charge in [-0.15, -0.1) is 0 Å². The standard InChI is InChI=1S/C15H17ClN6O/c1-8-5-6-9(2)22(8)15-11(7-17-21(15)4)14(23)18-13-12(16)10(3)19-20-13/h5-7H,1-4H3,(H2,18,19,20,23). The zero-order chi connectivity index (χ0) is 16.7. The summed E-state index contributed by atoms with van der Waals surface area (Å²) in [6.07, 6.45) is 1.54. The molecule has 0 radical (unpaired) electrons. The van der Waals surface area contributed by atoms with Gasteiger partial charge in [-0.05, 0) is 32.9 Å². The Bertz CT molecular complexity index is 869. The van der Waals surface area contributed by atoms with Crippen molar-refractivity contribution in [2.45, 2.75) is 20.8 Å². The third kappa shape index (κ3) is 2.53. The summed E-state index contributed by atoms with van der Waals surface area (Å²) in [7, 11) is 1.80. The lowest BCUT2D eigenvalue weighted by Crippen LogP contribution is -2.16. The lowest BCUT2D eigenvalue weighted by atomic mass is 10.3. The second-order valence-electron chi connectivity index (χ2n) is 5.42. The Morgan fingerprint density at radius 3 is 2.48 bits per heavy atom. The van der Waals surface area contributed by atoms with E-state index in [9.17, 15) is 4.79 Å². The Morgan fingerprint density at radius 1 is 1.26 bits per heavy atom. The van der Waals surface area contributed by atoms with Crippen LogP contribution in [0.3, 0.4) is 0 Å². The van der Waals surface area contributed by atoms with Crippen LogP contribution in [0, 0.1) is 20.8 Å². The average Bonchev–Trinajstić information content (AvgIpc) is 3.13. The molecule has 2 N–H and O–H groups in total. The highest BCUT2D eigenvalue weighted by Crippen LogP contribution is 2.24. The Hall–Kier alpha value is -2.54. The first-order chi connectivity index (χ1) is 10.9. The van der Waals surface area contributed by atoms with Crippen molar-refractivity contribution >= 4 is 23.3 Å². The van der Waals surface area contributed by atoms with E-state index in [2.05, 4.69) is 20.6 Å². The number of halogens is 1. The fraction of sp³-hybridized carbons (Fsp3) is 0.267. The fourth-order valence-corrected chi connectivity index (χ4v) is 2.66. The molecule has 0 aliphatic rings. The van der Waals surface area contributed by atoms with E-state index in [1.54, 1.807) is 18.7 Å². The molecule has 120 valence electrons. The number of carbonyl (C=O) groups excluding carboxylic acids is 1. The van der Waals surface area contributed by atoms with Crippen molar-refractivity contribution in [1.82, 2.24) is 24.5 Å². The van der Waals surface area contributed by atoms with Gasteiger partial charge in [-0.3, -0.25) is 14.6 Å². The average molecular weight is 333 g/mol. The molecule has 7 nitrogen and oxygen atoms in total. The normalized spacial score (nSPS) is 11.0. The summed E-state index contributed by atoms with van der Waals surface area (Å²) >= 11 is 6.10. The van der Waals surface area contributed by atoms with Crippen LogP contribution in [0.15, 0.2) is 18.3 Å². The Labute approximate surface area is 138 Å². The molecule has 0 unspecified atom stereocenters. The molecular weight excluding hydrogens is 316 g/mol. The molecule has 0 aromatic carbocycles. The monoisotopic (exact) mass is 332 g/mol. The van der Waals surface area contributed by atoms with Crippen LogP contribution in [0.25, 0.3) is 5.82 Å². The number of nitrogens with one attached hydrogen (secondary N) is 2. The van der Waals surface area contributed by atoms with E-state index in [0.29, 0.717) is 27.9 Å². The first-order valence-electron chi connectivity index (χ1n) is 7.09. The second kappa shape index (κ2) is 5.58. The summed E-state index contributed by atoms with van der Waals surface area (Å²) in [6.45, 7) is 5.75. The lowest BCUT2D eigenvalue weighted by molar-refractivity contribution is 0.102. The van der Waals surface area contributed by atoms with Crippen molar-refractivity contribution in [3.8, 4) is 5.82 Å². The summed E-state index contributed by atoms with van der Waals surface area (Å²) in [6, 6.07) is 4.00. The number of aryl methyl sites for hydroxylation is 4. The number of rotatable bonds is 3. The number of carbonyl (C=O) groups is 1. The molecule has 0 saturated heterocycles. The quantitative estimate of drug-likeness (QED) is 0.774. The minimum absolute atomic E-state index is 0.310. The molecule has 0 bridgehead atoms. The van der Waals surface area contributed by atoms with Gasteiger partial charge < -0.3 is 9.88 Å². The molecule has 3 heterocycles. The highest BCUT2D eigenvalue weighted by Gasteiger charge is 2.21. The van der Waals surface area contributed by atoms with Gasteiger partial charge in [0.25, 0.3) is 5.91 Å². The van der Waals surface area contributed by atoms with Gasteiger partial charge in [-0.1, -0.05) is 11.6 Å². The molecule has 8 heteroatoms. The summed E-state index contributed by atoms with van der Waals surface area (Å²) in [5, 5.41) is 14.1. The topological polar surface area (TPSA) is 80.5 Å². The number of hydrogen-bond acceptors (Lipinski definition) is 3. The van der Waals surface area contributed by atoms with E-state index < -0.39 is 0 Å². The van der Waals surface area contributed by atoms with Gasteiger partial charge >= 0.3 is 0 Å². The SMILES string of the molecule is Cc1[nH]nc(NC(=O)c2cnn(C)c2-n2c(C)ccc2C)c1Cl. The largest absolute Gasteiger partial charge is 0.304 e. The molecule has 1 amide bonds. The fourth-order valence-electron chi connectivity index (χ4n) is 2.53. The zero-order valence-electron chi connectivity index (χ0n) is 13.3. The van der Waals surface area contributed by atoms with Gasteiger partial charge in [0.05, 0.1) is 11.9 Å². The van der Waals surface area contributed by atoms with Crippen molar-refractivity contribution in [1.29, 1.82) is 0 Å². The number of anilines is 1. The smallest absolute Gasteiger partial charge is 0.262 e. The van der Waals surface area contributed by atoms with Gasteiger partial charge in [-0.25, -0.2) is 0 Å². The van der Waals surface area contributed by atoms with Crippen molar-refractivity contribution < 1.29 is 4.79 Å². The van der Waals surface area contributed by atoms with Gasteiger partial charge in [0, 0.05) is 18.4 Å². The van der Waals surface area contributed by atoms with Crippen LogP contribution in [0.5, 0.6) is 0 Å². The van der Waals surface area contributed by atoms with E-state index in [4.69, 9.17) is 11.6 Å². The molecule has 23 heavy (non-hydrogen) atoms. The van der Waals surface area contributed by atoms with Crippen molar-refractivity contribution in [3.05, 3.63) is 46.0 Å². The molecule has 0 aliphatic carbocycles. The first-order valence-corrected chi connectivity index (χ1v) is 7.47. The van der Waals surface area contributed by atoms with E-state index in [1.165, 1.54) is 6.20 Å². The van der Waals surface area contributed by atoms with E-state index in [-0.39, 0.29) is 5.91 Å². The maximum Gasteiger partial charge on any atom is 0.262 e. The predicted molar refractivity (Wildman–Crippen MR) is 88.3 cm³/mol. The van der Waals surface area contributed by atoms with Crippen LogP contribution in [0.1, 0.15) is 27.4 Å². The number of aromatic nitrogens is 5. The Kier molecular flexibility index (Phi) is 3.73. The van der Waals surface area contributed by atoms with Crippen LogP contribution in [0.4, 0.5) is 5.82 Å². The number of H-pyrrole nitrogens is 1. The molecule has 0 spiro atoms. The highest BCUT2D eigenvalue weighted by atomic mass is 35.5. The zero-order valence-corrected chi connectivity index (χ0v) is 14.1. The number of aromatic amines is 1. The van der Waals surface area contributed by atoms with Gasteiger partial charge in [0.15, 0.2) is 5.82 Å². The van der Waals surface area contributed by atoms with Gasteiger partial charge in [0.2, 0.25) is 0 Å². The van der Waals surface area contributed by atoms with Crippen LogP contribution in [0.2, 0.25) is 5.02 Å². The second-order valence-corrected chi connectivity index (χ2v) is 5.80. The van der Waals surface area contributed by atoms with Crippen LogP contribution in [-0.2, 0) is 7.05 Å². The summed E-state index contributed by atoms with van der Waals surface area (Å²) in [5.74, 6) is 0.699. The van der Waals surface area contributed by atoms with Crippen LogP contribution >= 0.6 is 11.6 Å². The van der Waals surface area contributed by atoms with Gasteiger partial charge in [-0.2, -0.15) is 10.2 Å².